The fourth-order valence-corrected chi connectivity index (χ4v) is 3.64. The lowest BCUT2D eigenvalue weighted by atomic mass is 9.70. The van der Waals surface area contributed by atoms with Gasteiger partial charge in [-0.25, -0.2) is 8.78 Å². The van der Waals surface area contributed by atoms with Crippen LogP contribution >= 0.6 is 0 Å². The molecule has 0 aromatic heterocycles. The molecule has 1 saturated carbocycles. The molecule has 0 heterocycles. The second-order valence-electron chi connectivity index (χ2n) is 5.84. The van der Waals surface area contributed by atoms with Crippen LogP contribution in [0.3, 0.4) is 0 Å². The van der Waals surface area contributed by atoms with Gasteiger partial charge in [0.15, 0.2) is 0 Å². The highest BCUT2D eigenvalue weighted by atomic mass is 19.1. The molecule has 3 rings (SSSR count). The fraction of sp³-hybridized carbons (Fsp3) is 0.333. The van der Waals surface area contributed by atoms with Crippen molar-refractivity contribution in [3.05, 3.63) is 71.3 Å². The molecule has 0 saturated heterocycles. The van der Waals surface area contributed by atoms with Crippen molar-refractivity contribution in [3.63, 3.8) is 0 Å². The summed E-state index contributed by atoms with van der Waals surface area (Å²) in [6, 6.07) is 13.2. The zero-order valence-corrected chi connectivity index (χ0v) is 11.9. The zero-order valence-electron chi connectivity index (χ0n) is 11.9. The van der Waals surface area contributed by atoms with Crippen LogP contribution in [0.2, 0.25) is 0 Å². The molecule has 2 aromatic carbocycles. The highest BCUT2D eigenvalue weighted by Gasteiger charge is 2.43. The minimum Gasteiger partial charge on any atom is -0.323 e. The second kappa shape index (κ2) is 5.57. The van der Waals surface area contributed by atoms with Crippen molar-refractivity contribution < 1.29 is 8.78 Å². The summed E-state index contributed by atoms with van der Waals surface area (Å²) in [4.78, 5) is 0. The van der Waals surface area contributed by atoms with E-state index in [9.17, 15) is 8.78 Å². The first-order valence-electron chi connectivity index (χ1n) is 7.40. The minimum atomic E-state index is -0.663. The Kier molecular flexibility index (Phi) is 3.77. The Morgan fingerprint density at radius 1 is 0.857 bits per heavy atom. The molecule has 1 atom stereocenters. The van der Waals surface area contributed by atoms with Crippen molar-refractivity contribution >= 4 is 0 Å². The molecule has 0 amide bonds. The summed E-state index contributed by atoms with van der Waals surface area (Å²) in [6.45, 7) is 0. The lowest BCUT2D eigenvalue weighted by Crippen LogP contribution is -2.37. The number of hydrogen-bond donors (Lipinski definition) is 1. The molecule has 2 N–H and O–H groups in total. The largest absolute Gasteiger partial charge is 0.323 e. The van der Waals surface area contributed by atoms with Gasteiger partial charge in [0, 0.05) is 17.0 Å². The quantitative estimate of drug-likeness (QED) is 0.885. The van der Waals surface area contributed by atoms with Crippen LogP contribution in [0.25, 0.3) is 0 Å². The zero-order chi connectivity index (χ0) is 14.9. The number of hydrogen-bond acceptors (Lipinski definition) is 1. The normalized spacial score (nSPS) is 18.6. The Hall–Kier alpha value is -1.74. The lowest BCUT2D eigenvalue weighted by Gasteiger charge is -2.36. The SMILES string of the molecule is NC(c1c(F)cccc1F)C1(c2ccccc2)CCCC1. The highest BCUT2D eigenvalue weighted by molar-refractivity contribution is 5.35. The first-order chi connectivity index (χ1) is 10.1. The van der Waals surface area contributed by atoms with Crippen molar-refractivity contribution in [1.82, 2.24) is 0 Å². The van der Waals surface area contributed by atoms with E-state index in [-0.39, 0.29) is 11.0 Å². The molecule has 0 bridgehead atoms. The number of halogens is 2. The van der Waals surface area contributed by atoms with Gasteiger partial charge in [-0.15, -0.1) is 0 Å². The van der Waals surface area contributed by atoms with E-state index < -0.39 is 17.7 Å². The molecular formula is C18H19F2N. The standard InChI is InChI=1S/C18H19F2N/c19-14-9-6-10-15(20)16(14)17(21)18(11-4-5-12-18)13-7-2-1-3-8-13/h1-3,6-10,17H,4-5,11-12,21H2. The third kappa shape index (κ3) is 2.36. The van der Waals surface area contributed by atoms with Crippen molar-refractivity contribution in [2.24, 2.45) is 5.73 Å². The van der Waals surface area contributed by atoms with Gasteiger partial charge in [0.2, 0.25) is 0 Å². The van der Waals surface area contributed by atoms with Crippen molar-refractivity contribution in [2.45, 2.75) is 37.1 Å². The average molecular weight is 287 g/mol. The van der Waals surface area contributed by atoms with Gasteiger partial charge in [-0.3, -0.25) is 0 Å². The molecule has 1 aliphatic carbocycles. The first kappa shape index (κ1) is 14.2. The van der Waals surface area contributed by atoms with Gasteiger partial charge in [0.05, 0.1) is 0 Å². The van der Waals surface area contributed by atoms with E-state index in [0.29, 0.717) is 0 Å². The predicted octanol–water partition coefficient (Wildman–Crippen LogP) is 4.48. The number of benzene rings is 2. The molecule has 3 heteroatoms. The maximum atomic E-state index is 14.1. The smallest absolute Gasteiger partial charge is 0.130 e. The minimum absolute atomic E-state index is 0.0169. The van der Waals surface area contributed by atoms with Crippen LogP contribution in [0.4, 0.5) is 8.78 Å². The Morgan fingerprint density at radius 2 is 1.43 bits per heavy atom. The van der Waals surface area contributed by atoms with E-state index in [0.717, 1.165) is 31.2 Å². The topological polar surface area (TPSA) is 26.0 Å². The van der Waals surface area contributed by atoms with Crippen LogP contribution in [-0.4, -0.2) is 0 Å². The molecular weight excluding hydrogens is 268 g/mol. The van der Waals surface area contributed by atoms with Gasteiger partial charge in [0.25, 0.3) is 0 Å². The Bertz CT molecular complexity index is 598. The summed E-state index contributed by atoms with van der Waals surface area (Å²) >= 11 is 0. The maximum absolute atomic E-state index is 14.1. The summed E-state index contributed by atoms with van der Waals surface area (Å²) in [7, 11) is 0. The number of nitrogens with two attached hydrogens (primary N) is 1. The molecule has 1 aliphatic rings. The second-order valence-corrected chi connectivity index (χ2v) is 5.84. The third-order valence-corrected chi connectivity index (χ3v) is 4.75. The third-order valence-electron chi connectivity index (χ3n) is 4.75. The summed E-state index contributed by atoms with van der Waals surface area (Å²) < 4.78 is 28.2. The van der Waals surface area contributed by atoms with Crippen LogP contribution in [0.1, 0.15) is 42.9 Å². The van der Waals surface area contributed by atoms with Gasteiger partial charge >= 0.3 is 0 Å². The molecule has 0 spiro atoms. The summed E-state index contributed by atoms with van der Waals surface area (Å²) in [5.41, 5.74) is 7.12. The van der Waals surface area contributed by atoms with Gasteiger partial charge in [0.1, 0.15) is 11.6 Å². The molecule has 110 valence electrons. The molecule has 0 aliphatic heterocycles. The fourth-order valence-electron chi connectivity index (χ4n) is 3.64. The molecule has 1 fully saturated rings. The van der Waals surface area contributed by atoms with Crippen molar-refractivity contribution in [2.75, 3.05) is 0 Å². The van der Waals surface area contributed by atoms with Gasteiger partial charge < -0.3 is 5.73 Å². The summed E-state index contributed by atoms with van der Waals surface area (Å²) in [5, 5.41) is 0. The highest BCUT2D eigenvalue weighted by Crippen LogP contribution is 2.49. The monoisotopic (exact) mass is 287 g/mol. The molecule has 2 aromatic rings. The summed E-state index contributed by atoms with van der Waals surface area (Å²) in [5.74, 6) is -1.10. The van der Waals surface area contributed by atoms with Crippen LogP contribution in [0, 0.1) is 11.6 Å². The Labute approximate surface area is 123 Å². The van der Waals surface area contributed by atoms with Gasteiger partial charge in [-0.2, -0.15) is 0 Å². The average Bonchev–Trinajstić information content (AvgIpc) is 2.98. The van der Waals surface area contributed by atoms with Crippen molar-refractivity contribution in [3.8, 4) is 0 Å². The van der Waals surface area contributed by atoms with Crippen LogP contribution in [0.5, 0.6) is 0 Å². The lowest BCUT2D eigenvalue weighted by molar-refractivity contribution is 0.338. The van der Waals surface area contributed by atoms with Crippen molar-refractivity contribution in [1.29, 1.82) is 0 Å². The van der Waals surface area contributed by atoms with E-state index in [1.807, 2.05) is 30.3 Å². The van der Waals surface area contributed by atoms with E-state index in [2.05, 4.69) is 0 Å². The number of rotatable bonds is 3. The van der Waals surface area contributed by atoms with Crippen LogP contribution < -0.4 is 5.73 Å². The first-order valence-corrected chi connectivity index (χ1v) is 7.40. The molecule has 0 radical (unpaired) electrons. The molecule has 1 unspecified atom stereocenters. The van der Waals surface area contributed by atoms with E-state index in [1.165, 1.54) is 18.2 Å². The molecule has 1 nitrogen and oxygen atoms in total. The van der Waals surface area contributed by atoms with Crippen LogP contribution in [0.15, 0.2) is 48.5 Å². The molecule has 21 heavy (non-hydrogen) atoms. The predicted molar refractivity (Wildman–Crippen MR) is 79.9 cm³/mol. The van der Waals surface area contributed by atoms with E-state index in [4.69, 9.17) is 5.73 Å². The van der Waals surface area contributed by atoms with E-state index >= 15 is 0 Å². The Balaban J connectivity index is 2.10. The Morgan fingerprint density at radius 3 is 2.00 bits per heavy atom. The summed E-state index contributed by atoms with van der Waals surface area (Å²) in [6.07, 6.45) is 3.81. The van der Waals surface area contributed by atoms with Gasteiger partial charge in [-0.05, 0) is 30.5 Å². The van der Waals surface area contributed by atoms with E-state index in [1.54, 1.807) is 0 Å². The van der Waals surface area contributed by atoms with Crippen LogP contribution in [-0.2, 0) is 5.41 Å². The van der Waals surface area contributed by atoms with Gasteiger partial charge in [-0.1, -0.05) is 49.2 Å². The maximum Gasteiger partial charge on any atom is 0.130 e.